The number of carbonyl (C=O) groups is 5. The molecule has 1 aromatic carbocycles. The van der Waals surface area contributed by atoms with Gasteiger partial charge in [-0.1, -0.05) is 37.3 Å². The van der Waals surface area contributed by atoms with Gasteiger partial charge in [0, 0.05) is 26.8 Å². The fourth-order valence-electron chi connectivity index (χ4n) is 7.96. The molecule has 12 nitrogen and oxygen atoms in total. The molecule has 47 heavy (non-hydrogen) atoms. The number of hydrogen-bond donors (Lipinski definition) is 0. The lowest BCUT2D eigenvalue weighted by Crippen LogP contribution is -2.79. The van der Waals surface area contributed by atoms with Crippen LogP contribution in [0.25, 0.3) is 6.08 Å². The highest BCUT2D eigenvalue weighted by molar-refractivity contribution is 5.89. The van der Waals surface area contributed by atoms with Gasteiger partial charge in [-0.05, 0) is 50.3 Å². The normalized spacial score (nSPS) is 32.1. The molecule has 3 aliphatic rings. The van der Waals surface area contributed by atoms with Gasteiger partial charge in [0.2, 0.25) is 0 Å². The summed E-state index contributed by atoms with van der Waals surface area (Å²) in [5, 5.41) is 0. The van der Waals surface area contributed by atoms with Crippen LogP contribution < -0.4 is 0 Å². The van der Waals surface area contributed by atoms with E-state index in [1.807, 2.05) is 25.1 Å². The van der Waals surface area contributed by atoms with Crippen LogP contribution >= 0.6 is 0 Å². The number of fused-ring (bicyclic) bond motifs is 1. The summed E-state index contributed by atoms with van der Waals surface area (Å²) in [5.41, 5.74) is -3.62. The van der Waals surface area contributed by atoms with Crippen molar-refractivity contribution in [2.75, 3.05) is 6.61 Å². The highest BCUT2D eigenvalue weighted by atomic mass is 16.6. The molecule has 2 saturated carbocycles. The molecule has 1 aliphatic heterocycles. The first kappa shape index (κ1) is 33.9. The minimum atomic E-state index is -1.72. The topological polar surface area (TPSA) is 154 Å². The van der Waals surface area contributed by atoms with Crippen molar-refractivity contribution in [2.45, 2.75) is 90.0 Å². The summed E-state index contributed by atoms with van der Waals surface area (Å²) in [6, 6.07) is 10.5. The summed E-state index contributed by atoms with van der Waals surface area (Å²) in [5.74, 6) is -4.86. The second-order valence-electron chi connectivity index (χ2n) is 12.9. The van der Waals surface area contributed by atoms with E-state index in [0.717, 1.165) is 5.56 Å². The molecule has 1 aromatic heterocycles. The molecule has 2 aliphatic carbocycles. The number of furan rings is 1. The molecule has 1 spiro atoms. The van der Waals surface area contributed by atoms with Crippen LogP contribution in [0, 0.1) is 17.3 Å². The number of hydrogen-bond acceptors (Lipinski definition) is 12. The predicted octanol–water partition coefficient (Wildman–Crippen LogP) is 4.45. The Hall–Kier alpha value is -4.45. The van der Waals surface area contributed by atoms with Gasteiger partial charge in [0.05, 0.1) is 23.3 Å². The van der Waals surface area contributed by atoms with Crippen molar-refractivity contribution in [2.24, 2.45) is 17.3 Å². The molecule has 252 valence electrons. The summed E-state index contributed by atoms with van der Waals surface area (Å²) in [6.07, 6.45) is 1.06. The Morgan fingerprint density at radius 1 is 0.872 bits per heavy atom. The lowest BCUT2D eigenvalue weighted by atomic mass is 9.47. The maximum atomic E-state index is 13.8. The van der Waals surface area contributed by atoms with Crippen LogP contribution in [0.15, 0.2) is 59.4 Å². The van der Waals surface area contributed by atoms with Gasteiger partial charge in [-0.2, -0.15) is 0 Å². The molecule has 5 rings (SSSR count). The summed E-state index contributed by atoms with van der Waals surface area (Å²) in [4.78, 5) is 65.3. The van der Waals surface area contributed by atoms with E-state index in [4.69, 9.17) is 32.8 Å². The van der Waals surface area contributed by atoms with Crippen LogP contribution in [0.2, 0.25) is 0 Å². The summed E-state index contributed by atoms with van der Waals surface area (Å²) in [6.45, 7) is 8.64. The van der Waals surface area contributed by atoms with Crippen molar-refractivity contribution < 1.29 is 56.8 Å². The quantitative estimate of drug-likeness (QED) is 0.214. The standard InChI is InChI=1S/C35H40O12/c1-20-12-14-26(43-22(3)37)34(19-42-21(2)36)31(46-32(40)25-16-17-41-18-25)29(45-27(39)15-13-24-10-8-7-9-11-24)28-30(44-23(4)38)35(20,34)47-33(28,5)6/h7-11,13,15-18,20,26,28-31H,12,14,19H2,1-6H3/b15-13+/t20-,26+,28-,29-,30-,31-,34+,35-/m1/s1. The average Bonchev–Trinajstić information content (AvgIpc) is 3.60. The Morgan fingerprint density at radius 3 is 2.19 bits per heavy atom. The van der Waals surface area contributed by atoms with Gasteiger partial charge in [0.25, 0.3) is 0 Å². The molecule has 0 radical (unpaired) electrons. The lowest BCUT2D eigenvalue weighted by Gasteiger charge is -2.63. The number of ether oxygens (including phenoxy) is 6. The molecule has 8 atom stereocenters. The van der Waals surface area contributed by atoms with Crippen molar-refractivity contribution in [3.05, 3.63) is 66.1 Å². The Morgan fingerprint density at radius 2 is 1.57 bits per heavy atom. The van der Waals surface area contributed by atoms with E-state index in [1.165, 1.54) is 45.4 Å². The number of rotatable bonds is 9. The maximum absolute atomic E-state index is 13.8. The summed E-state index contributed by atoms with van der Waals surface area (Å²) < 4.78 is 42.4. The third-order valence-electron chi connectivity index (χ3n) is 9.61. The Kier molecular flexibility index (Phi) is 9.36. The zero-order chi connectivity index (χ0) is 34.1. The molecular formula is C35H40O12. The summed E-state index contributed by atoms with van der Waals surface area (Å²) in [7, 11) is 0. The van der Waals surface area contributed by atoms with Gasteiger partial charge in [-0.25, -0.2) is 9.59 Å². The van der Waals surface area contributed by atoms with Gasteiger partial charge in [-0.3, -0.25) is 14.4 Å². The van der Waals surface area contributed by atoms with Crippen LogP contribution in [-0.4, -0.2) is 72.1 Å². The van der Waals surface area contributed by atoms with Gasteiger partial charge in [0.1, 0.15) is 42.2 Å². The highest BCUT2D eigenvalue weighted by Gasteiger charge is 2.84. The highest BCUT2D eigenvalue weighted by Crippen LogP contribution is 2.68. The van der Waals surface area contributed by atoms with E-state index in [2.05, 4.69) is 0 Å². The first-order valence-corrected chi connectivity index (χ1v) is 15.6. The molecule has 12 heteroatoms. The van der Waals surface area contributed by atoms with E-state index in [9.17, 15) is 24.0 Å². The van der Waals surface area contributed by atoms with Gasteiger partial charge < -0.3 is 32.8 Å². The number of carbonyl (C=O) groups excluding carboxylic acids is 5. The molecule has 1 saturated heterocycles. The Bertz CT molecular complexity index is 1530. The van der Waals surface area contributed by atoms with Crippen molar-refractivity contribution in [3.63, 3.8) is 0 Å². The van der Waals surface area contributed by atoms with Gasteiger partial charge in [0.15, 0.2) is 6.10 Å². The van der Waals surface area contributed by atoms with Crippen molar-refractivity contribution >= 4 is 35.9 Å². The largest absolute Gasteiger partial charge is 0.472 e. The molecule has 0 amide bonds. The number of esters is 5. The first-order chi connectivity index (χ1) is 22.2. The maximum Gasteiger partial charge on any atom is 0.341 e. The Balaban J connectivity index is 1.75. The first-order valence-electron chi connectivity index (χ1n) is 15.6. The fourth-order valence-corrected chi connectivity index (χ4v) is 7.96. The zero-order valence-corrected chi connectivity index (χ0v) is 27.3. The SMILES string of the molecule is CC(=O)OC[C@@]12[C@@H](OC(C)=O)CC[C@@H](C)[C@]13OC(C)(C)[C@H]([C@@H](OC(=O)/C=C/c1ccccc1)[C@H]2OC(=O)c1ccoc1)[C@H]3OC(C)=O. The second-order valence-corrected chi connectivity index (χ2v) is 12.9. The van der Waals surface area contributed by atoms with E-state index >= 15 is 0 Å². The average molecular weight is 653 g/mol. The third kappa shape index (κ3) is 6.06. The third-order valence-corrected chi connectivity index (χ3v) is 9.61. The minimum Gasteiger partial charge on any atom is -0.472 e. The molecule has 2 bridgehead atoms. The second kappa shape index (κ2) is 13.0. The van der Waals surface area contributed by atoms with Crippen LogP contribution in [0.4, 0.5) is 0 Å². The zero-order valence-electron chi connectivity index (χ0n) is 27.3. The smallest absolute Gasteiger partial charge is 0.341 e. The van der Waals surface area contributed by atoms with Crippen LogP contribution in [0.1, 0.15) is 70.3 Å². The van der Waals surface area contributed by atoms with Gasteiger partial charge >= 0.3 is 29.8 Å². The van der Waals surface area contributed by atoms with E-state index < -0.39 is 89.3 Å². The van der Waals surface area contributed by atoms with Crippen LogP contribution in [0.5, 0.6) is 0 Å². The van der Waals surface area contributed by atoms with Crippen molar-refractivity contribution in [3.8, 4) is 0 Å². The van der Waals surface area contributed by atoms with Crippen LogP contribution in [0.3, 0.4) is 0 Å². The Labute approximate surface area is 272 Å². The van der Waals surface area contributed by atoms with Crippen molar-refractivity contribution in [1.29, 1.82) is 0 Å². The molecule has 3 fully saturated rings. The monoisotopic (exact) mass is 652 g/mol. The molecule has 2 aromatic rings. The minimum absolute atomic E-state index is 0.0678. The van der Waals surface area contributed by atoms with Crippen molar-refractivity contribution in [1.82, 2.24) is 0 Å². The fraction of sp³-hybridized carbons (Fsp3) is 0.514. The molecule has 0 unspecified atom stereocenters. The van der Waals surface area contributed by atoms with E-state index in [1.54, 1.807) is 32.1 Å². The number of benzene rings is 1. The lowest BCUT2D eigenvalue weighted by molar-refractivity contribution is -0.314. The summed E-state index contributed by atoms with van der Waals surface area (Å²) >= 11 is 0. The molecule has 2 heterocycles. The van der Waals surface area contributed by atoms with E-state index in [0.29, 0.717) is 6.42 Å². The van der Waals surface area contributed by atoms with E-state index in [-0.39, 0.29) is 12.0 Å². The molecule has 0 N–H and O–H groups in total. The molecular weight excluding hydrogens is 612 g/mol. The van der Waals surface area contributed by atoms with Gasteiger partial charge in [-0.15, -0.1) is 0 Å². The predicted molar refractivity (Wildman–Crippen MR) is 163 cm³/mol. The van der Waals surface area contributed by atoms with Crippen LogP contribution in [-0.2, 0) is 47.6 Å².